The molecule has 0 aromatic heterocycles. The van der Waals surface area contributed by atoms with Gasteiger partial charge in [-0.25, -0.2) is 4.79 Å². The molecular weight excluding hydrogens is 344 g/mol. The van der Waals surface area contributed by atoms with Gasteiger partial charge in [-0.1, -0.05) is 141 Å². The van der Waals surface area contributed by atoms with Crippen molar-refractivity contribution >= 4 is 5.97 Å². The van der Waals surface area contributed by atoms with Crippen molar-refractivity contribution in [1.29, 1.82) is 0 Å². The van der Waals surface area contributed by atoms with Gasteiger partial charge in [0.15, 0.2) is 0 Å². The highest BCUT2D eigenvalue weighted by Gasteiger charge is 1.95. The van der Waals surface area contributed by atoms with Crippen LogP contribution < -0.4 is 0 Å². The van der Waals surface area contributed by atoms with Crippen molar-refractivity contribution in [3.05, 3.63) is 12.2 Å². The molecule has 0 aliphatic rings. The second kappa shape index (κ2) is 24.2. The molecule has 0 unspecified atom stereocenters. The highest BCUT2D eigenvalue weighted by Crippen LogP contribution is 2.15. The summed E-state index contributed by atoms with van der Waals surface area (Å²) in [7, 11) is 0. The largest absolute Gasteiger partial charge is 0.478 e. The zero-order chi connectivity index (χ0) is 20.5. The Kier molecular flexibility index (Phi) is 23.6. The number of carboxylic acid groups (broad SMARTS) is 1. The van der Waals surface area contributed by atoms with Crippen LogP contribution in [0, 0.1) is 0 Å². The van der Waals surface area contributed by atoms with Gasteiger partial charge in [0, 0.05) is 6.08 Å². The van der Waals surface area contributed by atoms with Crippen molar-refractivity contribution in [1.82, 2.24) is 0 Å². The van der Waals surface area contributed by atoms with Crippen molar-refractivity contribution in [3.63, 3.8) is 0 Å². The summed E-state index contributed by atoms with van der Waals surface area (Å²) in [4.78, 5) is 10.3. The smallest absolute Gasteiger partial charge is 0.327 e. The Labute approximate surface area is 176 Å². The van der Waals surface area contributed by atoms with Crippen LogP contribution in [0.1, 0.15) is 148 Å². The summed E-state index contributed by atoms with van der Waals surface area (Å²) < 4.78 is 0. The van der Waals surface area contributed by atoms with Gasteiger partial charge in [-0.05, 0) is 12.8 Å². The normalized spacial score (nSPS) is 11.5. The summed E-state index contributed by atoms with van der Waals surface area (Å²) in [5, 5.41) is 8.50. The molecule has 0 aromatic carbocycles. The molecule has 0 fully saturated rings. The second-order valence-corrected chi connectivity index (χ2v) is 8.60. The summed E-state index contributed by atoms with van der Waals surface area (Å²) >= 11 is 0. The molecule has 0 spiro atoms. The molecule has 0 aliphatic heterocycles. The first kappa shape index (κ1) is 27.2. The van der Waals surface area contributed by atoms with Crippen molar-refractivity contribution < 1.29 is 9.90 Å². The Morgan fingerprint density at radius 3 is 1.11 bits per heavy atom. The van der Waals surface area contributed by atoms with Crippen LogP contribution in [0.3, 0.4) is 0 Å². The molecule has 0 saturated heterocycles. The zero-order valence-corrected chi connectivity index (χ0v) is 19.1. The molecule has 0 rings (SSSR count). The summed E-state index contributed by atoms with van der Waals surface area (Å²) in [5.74, 6) is -0.830. The minimum atomic E-state index is -0.830. The fourth-order valence-electron chi connectivity index (χ4n) is 3.88. The van der Waals surface area contributed by atoms with Gasteiger partial charge in [0.1, 0.15) is 0 Å². The lowest BCUT2D eigenvalue weighted by atomic mass is 10.0. The van der Waals surface area contributed by atoms with Crippen LogP contribution in [0.15, 0.2) is 12.2 Å². The maximum absolute atomic E-state index is 10.3. The first-order valence-corrected chi connectivity index (χ1v) is 12.7. The molecule has 0 bridgehead atoms. The molecular formula is C26H50O2. The third-order valence-electron chi connectivity index (χ3n) is 5.73. The number of rotatable bonds is 23. The van der Waals surface area contributed by atoms with Crippen molar-refractivity contribution in [3.8, 4) is 0 Å². The minimum Gasteiger partial charge on any atom is -0.478 e. The molecule has 0 heterocycles. The highest BCUT2D eigenvalue weighted by atomic mass is 16.4. The van der Waals surface area contributed by atoms with E-state index in [1.54, 1.807) is 6.08 Å². The van der Waals surface area contributed by atoms with E-state index in [1.807, 2.05) is 0 Å². The Hall–Kier alpha value is -0.790. The monoisotopic (exact) mass is 394 g/mol. The van der Waals surface area contributed by atoms with Crippen LogP contribution in [-0.2, 0) is 4.79 Å². The van der Waals surface area contributed by atoms with Gasteiger partial charge in [0.2, 0.25) is 0 Å². The van der Waals surface area contributed by atoms with Crippen LogP contribution in [0.2, 0.25) is 0 Å². The van der Waals surface area contributed by atoms with E-state index in [2.05, 4.69) is 6.92 Å². The molecule has 28 heavy (non-hydrogen) atoms. The summed E-state index contributed by atoms with van der Waals surface area (Å²) in [6.07, 6.45) is 33.4. The molecule has 0 amide bonds. The SMILES string of the molecule is CCCCCCCCCCCCCCCCCCCCCCC/C=C\C(=O)O. The molecule has 166 valence electrons. The zero-order valence-electron chi connectivity index (χ0n) is 19.1. The Bertz CT molecular complexity index is 335. The van der Waals surface area contributed by atoms with Gasteiger partial charge >= 0.3 is 5.97 Å². The summed E-state index contributed by atoms with van der Waals surface area (Å²) in [6, 6.07) is 0. The van der Waals surface area contributed by atoms with Gasteiger partial charge in [-0.15, -0.1) is 0 Å². The summed E-state index contributed by atoms with van der Waals surface area (Å²) in [5.41, 5.74) is 0. The van der Waals surface area contributed by atoms with Gasteiger partial charge in [0.05, 0.1) is 0 Å². The molecule has 2 nitrogen and oxygen atoms in total. The first-order valence-electron chi connectivity index (χ1n) is 12.7. The minimum absolute atomic E-state index is 0.830. The third-order valence-corrected chi connectivity index (χ3v) is 5.73. The number of allylic oxidation sites excluding steroid dienone is 1. The lowest BCUT2D eigenvalue weighted by Crippen LogP contribution is -1.86. The molecule has 0 saturated carbocycles. The second-order valence-electron chi connectivity index (χ2n) is 8.60. The van der Waals surface area contributed by atoms with E-state index in [4.69, 9.17) is 5.11 Å². The first-order chi connectivity index (χ1) is 13.8. The van der Waals surface area contributed by atoms with Crippen LogP contribution in [-0.4, -0.2) is 11.1 Å². The molecule has 0 radical (unpaired) electrons. The number of carboxylic acids is 1. The van der Waals surface area contributed by atoms with Crippen molar-refractivity contribution in [2.75, 3.05) is 0 Å². The number of aliphatic carboxylic acids is 1. The van der Waals surface area contributed by atoms with E-state index in [0.717, 1.165) is 12.8 Å². The molecule has 0 aliphatic carbocycles. The standard InChI is InChI=1S/C26H50O2/c1-2-3-4-5-6-7-8-9-10-11-12-13-14-15-16-17-18-19-20-21-22-23-24-25-26(27)28/h24-25H,2-23H2,1H3,(H,27,28)/b25-24-. The lowest BCUT2D eigenvalue weighted by Gasteiger charge is -2.04. The van der Waals surface area contributed by atoms with E-state index < -0.39 is 5.97 Å². The van der Waals surface area contributed by atoms with Crippen LogP contribution >= 0.6 is 0 Å². The average molecular weight is 395 g/mol. The van der Waals surface area contributed by atoms with Gasteiger partial charge in [0.25, 0.3) is 0 Å². The fourth-order valence-corrected chi connectivity index (χ4v) is 3.88. The quantitative estimate of drug-likeness (QED) is 0.138. The van der Waals surface area contributed by atoms with E-state index in [1.165, 1.54) is 134 Å². The summed E-state index contributed by atoms with van der Waals surface area (Å²) in [6.45, 7) is 2.29. The van der Waals surface area contributed by atoms with Crippen molar-refractivity contribution in [2.24, 2.45) is 0 Å². The van der Waals surface area contributed by atoms with Crippen LogP contribution in [0.4, 0.5) is 0 Å². The Morgan fingerprint density at radius 2 is 0.821 bits per heavy atom. The number of carbonyl (C=O) groups is 1. The average Bonchev–Trinajstić information content (AvgIpc) is 2.68. The van der Waals surface area contributed by atoms with Crippen molar-refractivity contribution in [2.45, 2.75) is 148 Å². The topological polar surface area (TPSA) is 37.3 Å². The maximum Gasteiger partial charge on any atom is 0.327 e. The van der Waals surface area contributed by atoms with Gasteiger partial charge in [-0.2, -0.15) is 0 Å². The number of unbranched alkanes of at least 4 members (excludes halogenated alkanes) is 21. The van der Waals surface area contributed by atoms with Gasteiger partial charge < -0.3 is 5.11 Å². The Morgan fingerprint density at radius 1 is 0.536 bits per heavy atom. The van der Waals surface area contributed by atoms with E-state index in [9.17, 15) is 4.79 Å². The number of hydrogen-bond donors (Lipinski definition) is 1. The molecule has 1 N–H and O–H groups in total. The molecule has 2 heteroatoms. The van der Waals surface area contributed by atoms with Crippen LogP contribution in [0.5, 0.6) is 0 Å². The molecule has 0 aromatic rings. The van der Waals surface area contributed by atoms with E-state index >= 15 is 0 Å². The molecule has 0 atom stereocenters. The highest BCUT2D eigenvalue weighted by molar-refractivity contribution is 5.79. The number of hydrogen-bond acceptors (Lipinski definition) is 1. The predicted molar refractivity (Wildman–Crippen MR) is 124 cm³/mol. The lowest BCUT2D eigenvalue weighted by molar-refractivity contribution is -0.131. The maximum atomic E-state index is 10.3. The predicted octanol–water partition coefficient (Wildman–Crippen LogP) is 9.23. The van der Waals surface area contributed by atoms with Gasteiger partial charge in [-0.3, -0.25) is 0 Å². The third kappa shape index (κ3) is 25.2. The van der Waals surface area contributed by atoms with Crippen LogP contribution in [0.25, 0.3) is 0 Å². The van der Waals surface area contributed by atoms with E-state index in [0.29, 0.717) is 0 Å². The van der Waals surface area contributed by atoms with E-state index in [-0.39, 0.29) is 0 Å². The Balaban J connectivity index is 3.02. The fraction of sp³-hybridized carbons (Fsp3) is 0.885.